The third-order valence-corrected chi connectivity index (χ3v) is 2.97. The number of nitrogen functional groups attached to an aromatic ring is 1. The van der Waals surface area contributed by atoms with Gasteiger partial charge in [0.1, 0.15) is 12.1 Å². The quantitative estimate of drug-likeness (QED) is 0.883. The predicted molar refractivity (Wildman–Crippen MR) is 72.7 cm³/mol. The summed E-state index contributed by atoms with van der Waals surface area (Å²) in [5.74, 6) is 0.872. The van der Waals surface area contributed by atoms with E-state index in [2.05, 4.69) is 30.8 Å². The molecule has 0 saturated heterocycles. The molecular weight excluding hydrogens is 280 g/mol. The maximum atomic E-state index is 5.65. The van der Waals surface area contributed by atoms with Crippen LogP contribution in [0.1, 0.15) is 5.56 Å². The summed E-state index contributed by atoms with van der Waals surface area (Å²) in [5.41, 5.74) is 7.62. The summed E-state index contributed by atoms with van der Waals surface area (Å²) in [5, 5.41) is 0. The van der Waals surface area contributed by atoms with Crippen molar-refractivity contribution in [1.29, 1.82) is 0 Å². The zero-order valence-corrected chi connectivity index (χ0v) is 11.1. The smallest absolute Gasteiger partial charge is 0.146 e. The van der Waals surface area contributed by atoms with Crippen LogP contribution >= 0.6 is 15.9 Å². The second kappa shape index (κ2) is 5.14. The Labute approximate surface area is 109 Å². The summed E-state index contributed by atoms with van der Waals surface area (Å²) in [6.45, 7) is 0.774. The second-order valence-electron chi connectivity index (χ2n) is 3.79. The molecule has 0 amide bonds. The molecule has 1 heterocycles. The van der Waals surface area contributed by atoms with Crippen LogP contribution in [0.25, 0.3) is 0 Å². The van der Waals surface area contributed by atoms with Gasteiger partial charge in [0, 0.05) is 25.5 Å². The number of hydrogen-bond acceptors (Lipinski definition) is 4. The van der Waals surface area contributed by atoms with Gasteiger partial charge in [-0.2, -0.15) is 0 Å². The van der Waals surface area contributed by atoms with Crippen molar-refractivity contribution >= 4 is 27.4 Å². The molecule has 0 spiro atoms. The van der Waals surface area contributed by atoms with Crippen LogP contribution < -0.4 is 10.6 Å². The van der Waals surface area contributed by atoms with Crippen LogP contribution in [0.2, 0.25) is 0 Å². The number of aromatic nitrogens is 2. The first kappa shape index (κ1) is 11.9. The summed E-state index contributed by atoms with van der Waals surface area (Å²) < 4.78 is 0.887. The third kappa shape index (κ3) is 2.94. The van der Waals surface area contributed by atoms with Crippen LogP contribution in [-0.4, -0.2) is 17.0 Å². The van der Waals surface area contributed by atoms with Crippen LogP contribution in [0, 0.1) is 0 Å². The van der Waals surface area contributed by atoms with Crippen LogP contribution in [0.5, 0.6) is 0 Å². The van der Waals surface area contributed by atoms with Crippen LogP contribution in [-0.2, 0) is 6.54 Å². The molecular formula is C12H13BrN4. The Balaban J connectivity index is 2.14. The molecule has 0 aliphatic rings. The maximum Gasteiger partial charge on any atom is 0.146 e. The number of halogens is 1. The third-order valence-electron chi connectivity index (χ3n) is 2.41. The fourth-order valence-electron chi connectivity index (χ4n) is 1.56. The number of nitrogens with zero attached hydrogens (tertiary/aromatic N) is 3. The molecule has 88 valence electrons. The van der Waals surface area contributed by atoms with Crippen molar-refractivity contribution in [1.82, 2.24) is 9.97 Å². The minimum atomic E-state index is 0.774. The van der Waals surface area contributed by atoms with E-state index in [1.54, 1.807) is 12.5 Å². The molecule has 2 rings (SSSR count). The summed E-state index contributed by atoms with van der Waals surface area (Å²) >= 11 is 3.44. The highest BCUT2D eigenvalue weighted by Gasteiger charge is 2.07. The normalized spacial score (nSPS) is 10.2. The van der Waals surface area contributed by atoms with Crippen molar-refractivity contribution in [3.63, 3.8) is 0 Å². The van der Waals surface area contributed by atoms with Crippen LogP contribution in [0.3, 0.4) is 0 Å². The number of benzene rings is 1. The zero-order chi connectivity index (χ0) is 12.3. The molecule has 0 fully saturated rings. The molecule has 0 bridgehead atoms. The first-order chi connectivity index (χ1) is 8.16. The lowest BCUT2D eigenvalue weighted by Crippen LogP contribution is -2.18. The fraction of sp³-hybridized carbons (Fsp3) is 0.167. The van der Waals surface area contributed by atoms with Gasteiger partial charge in [-0.25, -0.2) is 9.97 Å². The zero-order valence-electron chi connectivity index (χ0n) is 9.47. The highest BCUT2D eigenvalue weighted by molar-refractivity contribution is 9.10. The Bertz CT molecular complexity index is 498. The minimum Gasteiger partial charge on any atom is -0.399 e. The largest absolute Gasteiger partial charge is 0.399 e. The van der Waals surface area contributed by atoms with E-state index in [0.29, 0.717) is 0 Å². The van der Waals surface area contributed by atoms with Gasteiger partial charge in [0.2, 0.25) is 0 Å². The Morgan fingerprint density at radius 1 is 1.29 bits per heavy atom. The van der Waals surface area contributed by atoms with Crippen molar-refractivity contribution < 1.29 is 0 Å². The molecule has 1 aromatic carbocycles. The second-order valence-corrected chi connectivity index (χ2v) is 4.65. The number of rotatable bonds is 3. The first-order valence-electron chi connectivity index (χ1n) is 5.18. The molecule has 0 saturated carbocycles. The highest BCUT2D eigenvalue weighted by atomic mass is 79.9. The number of hydrogen-bond donors (Lipinski definition) is 1. The van der Waals surface area contributed by atoms with E-state index in [0.717, 1.165) is 22.5 Å². The molecule has 0 aliphatic heterocycles. The summed E-state index contributed by atoms with van der Waals surface area (Å²) in [6.07, 6.45) is 3.28. The lowest BCUT2D eigenvalue weighted by atomic mass is 10.2. The molecule has 2 aromatic rings. The summed E-state index contributed by atoms with van der Waals surface area (Å²) in [4.78, 5) is 10.2. The maximum absolute atomic E-state index is 5.65. The van der Waals surface area contributed by atoms with Gasteiger partial charge >= 0.3 is 0 Å². The van der Waals surface area contributed by atoms with Crippen LogP contribution in [0.15, 0.2) is 41.3 Å². The van der Waals surface area contributed by atoms with Crippen LogP contribution in [0.4, 0.5) is 11.5 Å². The van der Waals surface area contributed by atoms with E-state index in [4.69, 9.17) is 5.73 Å². The standard InChI is InChI=1S/C12H13BrN4/c1-17(12-11(13)6-15-8-16-12)7-9-2-4-10(14)5-3-9/h2-6,8H,7,14H2,1H3. The lowest BCUT2D eigenvalue weighted by Gasteiger charge is -2.19. The van der Waals surface area contributed by atoms with Gasteiger partial charge < -0.3 is 10.6 Å². The SMILES string of the molecule is CN(Cc1ccc(N)cc1)c1ncncc1Br. The van der Waals surface area contributed by atoms with Gasteiger partial charge in [0.05, 0.1) is 4.47 Å². The minimum absolute atomic E-state index is 0.774. The topological polar surface area (TPSA) is 55.0 Å². The van der Waals surface area contributed by atoms with Gasteiger partial charge in [-0.15, -0.1) is 0 Å². The average Bonchev–Trinajstić information content (AvgIpc) is 2.32. The summed E-state index contributed by atoms with van der Waals surface area (Å²) in [7, 11) is 1.99. The monoisotopic (exact) mass is 292 g/mol. The first-order valence-corrected chi connectivity index (χ1v) is 5.97. The van der Waals surface area contributed by atoms with Gasteiger partial charge in [-0.05, 0) is 33.6 Å². The molecule has 0 unspecified atom stereocenters. The van der Waals surface area contributed by atoms with Gasteiger partial charge in [0.15, 0.2) is 0 Å². The molecule has 0 radical (unpaired) electrons. The molecule has 17 heavy (non-hydrogen) atoms. The van der Waals surface area contributed by atoms with Gasteiger partial charge in [-0.3, -0.25) is 0 Å². The van der Waals surface area contributed by atoms with Crippen molar-refractivity contribution in [3.8, 4) is 0 Å². The van der Waals surface area contributed by atoms with Crippen molar-refractivity contribution in [2.75, 3.05) is 17.7 Å². The molecule has 4 nitrogen and oxygen atoms in total. The summed E-state index contributed by atoms with van der Waals surface area (Å²) in [6, 6.07) is 7.83. The average molecular weight is 293 g/mol. The molecule has 0 aliphatic carbocycles. The van der Waals surface area contributed by atoms with Crippen molar-refractivity contribution in [2.45, 2.75) is 6.54 Å². The van der Waals surface area contributed by atoms with E-state index in [9.17, 15) is 0 Å². The number of anilines is 2. The molecule has 0 atom stereocenters. The molecule has 5 heteroatoms. The van der Waals surface area contributed by atoms with Gasteiger partial charge in [-0.1, -0.05) is 12.1 Å². The highest BCUT2D eigenvalue weighted by Crippen LogP contribution is 2.22. The lowest BCUT2D eigenvalue weighted by molar-refractivity contribution is 0.886. The van der Waals surface area contributed by atoms with E-state index in [1.807, 2.05) is 31.3 Å². The van der Waals surface area contributed by atoms with E-state index in [-0.39, 0.29) is 0 Å². The predicted octanol–water partition coefficient (Wildman–Crippen LogP) is 2.46. The van der Waals surface area contributed by atoms with Crippen molar-refractivity contribution in [2.24, 2.45) is 0 Å². The Morgan fingerprint density at radius 2 is 2.00 bits per heavy atom. The van der Waals surface area contributed by atoms with Crippen molar-refractivity contribution in [3.05, 3.63) is 46.8 Å². The Hall–Kier alpha value is -1.62. The Morgan fingerprint density at radius 3 is 2.65 bits per heavy atom. The molecule has 2 N–H and O–H groups in total. The van der Waals surface area contributed by atoms with Gasteiger partial charge in [0.25, 0.3) is 0 Å². The van der Waals surface area contributed by atoms with E-state index < -0.39 is 0 Å². The Kier molecular flexibility index (Phi) is 3.58. The molecule has 1 aromatic heterocycles. The van der Waals surface area contributed by atoms with E-state index in [1.165, 1.54) is 5.56 Å². The fourth-order valence-corrected chi connectivity index (χ4v) is 2.08. The van der Waals surface area contributed by atoms with E-state index >= 15 is 0 Å². The number of nitrogens with two attached hydrogens (primary N) is 1.